The summed E-state index contributed by atoms with van der Waals surface area (Å²) in [4.78, 5) is 12.2. The maximum Gasteiger partial charge on any atom is 0.306 e. The molecule has 0 aromatic heterocycles. The average molecular weight is 324 g/mol. The van der Waals surface area contributed by atoms with Crippen molar-refractivity contribution < 1.29 is 9.53 Å². The zero-order valence-electron chi connectivity index (χ0n) is 13.9. The number of carbonyl (C=O) groups excluding carboxylic acids is 1. The van der Waals surface area contributed by atoms with E-state index < -0.39 is 8.07 Å². The highest BCUT2D eigenvalue weighted by Crippen LogP contribution is 2.30. The van der Waals surface area contributed by atoms with E-state index in [0.29, 0.717) is 6.42 Å². The molecule has 0 amide bonds. The number of ether oxygens (including phenoxy) is 1. The van der Waals surface area contributed by atoms with E-state index in [0.717, 1.165) is 0 Å². The molecule has 0 saturated heterocycles. The van der Waals surface area contributed by atoms with Gasteiger partial charge in [-0.3, -0.25) is 4.79 Å². The average Bonchev–Trinajstić information content (AvgIpc) is 2.59. The molecule has 0 N–H and O–H groups in total. The monoisotopic (exact) mass is 324 g/mol. The molecule has 0 aliphatic rings. The van der Waals surface area contributed by atoms with Gasteiger partial charge >= 0.3 is 5.97 Å². The molecule has 0 spiro atoms. The van der Waals surface area contributed by atoms with Crippen LogP contribution >= 0.6 is 0 Å². The van der Waals surface area contributed by atoms with Crippen LogP contribution in [0.5, 0.6) is 0 Å². The van der Waals surface area contributed by atoms with E-state index in [2.05, 4.69) is 56.1 Å². The zero-order chi connectivity index (χ0) is 16.7. The topological polar surface area (TPSA) is 26.3 Å². The zero-order valence-corrected chi connectivity index (χ0v) is 14.9. The second-order valence-electron chi connectivity index (χ2n) is 6.23. The second kappa shape index (κ2) is 7.93. The van der Waals surface area contributed by atoms with E-state index in [4.69, 9.17) is 4.74 Å². The molecule has 3 heteroatoms. The van der Waals surface area contributed by atoms with Crippen LogP contribution < -0.4 is 5.19 Å². The number of hydrogen-bond acceptors (Lipinski definition) is 2. The minimum Gasteiger partial charge on any atom is -0.461 e. The van der Waals surface area contributed by atoms with Crippen LogP contribution in [0.4, 0.5) is 0 Å². The van der Waals surface area contributed by atoms with E-state index in [1.165, 1.54) is 10.8 Å². The first kappa shape index (κ1) is 17.2. The molecule has 0 fully saturated rings. The molecular weight excluding hydrogens is 300 g/mol. The lowest BCUT2D eigenvalue weighted by atomic mass is 10.1. The van der Waals surface area contributed by atoms with Gasteiger partial charge in [-0.1, -0.05) is 91.6 Å². The third-order valence-corrected chi connectivity index (χ3v) is 8.42. The fraction of sp³-hybridized carbons (Fsp3) is 0.250. The van der Waals surface area contributed by atoms with E-state index >= 15 is 0 Å². The molecule has 23 heavy (non-hydrogen) atoms. The number of carbonyl (C=O) groups is 1. The summed E-state index contributed by atoms with van der Waals surface area (Å²) in [7, 11) is -1.88. The number of esters is 1. The minimum atomic E-state index is -1.88. The summed E-state index contributed by atoms with van der Waals surface area (Å²) in [5.74, 6) is -0.157. The van der Waals surface area contributed by atoms with Gasteiger partial charge < -0.3 is 4.74 Å². The Kier molecular flexibility index (Phi) is 5.94. The van der Waals surface area contributed by atoms with Crippen molar-refractivity contribution in [3.63, 3.8) is 0 Å². The number of rotatable bonds is 7. The van der Waals surface area contributed by atoms with Crippen LogP contribution in [0.1, 0.15) is 17.5 Å². The van der Waals surface area contributed by atoms with Crippen LogP contribution in [0.3, 0.4) is 0 Å². The Morgan fingerprint density at radius 2 is 1.65 bits per heavy atom. The van der Waals surface area contributed by atoms with Crippen molar-refractivity contribution in [2.75, 3.05) is 6.61 Å². The predicted octanol–water partition coefficient (Wildman–Crippen LogP) is 4.04. The lowest BCUT2D eigenvalue weighted by Crippen LogP contribution is -2.48. The van der Waals surface area contributed by atoms with E-state index in [-0.39, 0.29) is 18.1 Å². The van der Waals surface area contributed by atoms with Gasteiger partial charge in [0.25, 0.3) is 0 Å². The van der Waals surface area contributed by atoms with Crippen LogP contribution in [0.15, 0.2) is 73.3 Å². The van der Waals surface area contributed by atoms with Crippen LogP contribution in [0.25, 0.3) is 0 Å². The Morgan fingerprint density at radius 3 is 2.22 bits per heavy atom. The van der Waals surface area contributed by atoms with Gasteiger partial charge in [0.05, 0.1) is 14.5 Å². The second-order valence-corrected chi connectivity index (χ2v) is 10.9. The molecule has 0 radical (unpaired) electrons. The van der Waals surface area contributed by atoms with Crippen molar-refractivity contribution in [2.24, 2.45) is 0 Å². The Hall–Kier alpha value is -2.13. The quantitative estimate of drug-likeness (QED) is 0.436. The van der Waals surface area contributed by atoms with Gasteiger partial charge in [-0.05, 0) is 11.1 Å². The molecule has 0 aliphatic carbocycles. The van der Waals surface area contributed by atoms with Crippen molar-refractivity contribution in [2.45, 2.75) is 25.1 Å². The standard InChI is InChI=1S/C20H24O2Si/c1-4-15-22-20(21)16-19(17-11-7-5-8-12-17)23(2,3)18-13-9-6-10-14-18/h4-14,19H,1,15-16H2,2-3H3. The fourth-order valence-electron chi connectivity index (χ4n) is 2.92. The van der Waals surface area contributed by atoms with Gasteiger partial charge in [-0.15, -0.1) is 0 Å². The Labute approximate surface area is 139 Å². The first-order chi connectivity index (χ1) is 11.1. The lowest BCUT2D eigenvalue weighted by molar-refractivity contribution is -0.142. The van der Waals surface area contributed by atoms with Crippen molar-refractivity contribution in [3.8, 4) is 0 Å². The summed E-state index contributed by atoms with van der Waals surface area (Å²) in [6.07, 6.45) is 2.02. The first-order valence-corrected chi connectivity index (χ1v) is 11.0. The van der Waals surface area contributed by atoms with Gasteiger partial charge in [0.15, 0.2) is 0 Å². The summed E-state index contributed by atoms with van der Waals surface area (Å²) in [5, 5.41) is 1.35. The minimum absolute atomic E-state index is 0.157. The SMILES string of the molecule is C=CCOC(=O)CC(c1ccccc1)[Si](C)(C)c1ccccc1. The predicted molar refractivity (Wildman–Crippen MR) is 98.5 cm³/mol. The molecule has 0 bridgehead atoms. The molecule has 2 aromatic rings. The molecular formula is C20H24O2Si. The summed E-state index contributed by atoms with van der Waals surface area (Å²) in [6.45, 7) is 8.51. The van der Waals surface area contributed by atoms with Gasteiger partial charge in [-0.25, -0.2) is 0 Å². The van der Waals surface area contributed by atoms with E-state index in [1.807, 2.05) is 24.3 Å². The molecule has 2 nitrogen and oxygen atoms in total. The Morgan fingerprint density at radius 1 is 1.09 bits per heavy atom. The van der Waals surface area contributed by atoms with Gasteiger partial charge in [0, 0.05) is 0 Å². The molecule has 1 atom stereocenters. The Bertz CT molecular complexity index is 635. The highest BCUT2D eigenvalue weighted by molar-refractivity contribution is 6.91. The molecule has 2 rings (SSSR count). The van der Waals surface area contributed by atoms with Gasteiger partial charge in [0.1, 0.15) is 6.61 Å². The summed E-state index contributed by atoms with van der Waals surface area (Å²) in [6, 6.07) is 20.8. The molecule has 1 unspecified atom stereocenters. The van der Waals surface area contributed by atoms with Crippen molar-refractivity contribution >= 4 is 19.2 Å². The van der Waals surface area contributed by atoms with Crippen molar-refractivity contribution in [1.82, 2.24) is 0 Å². The highest BCUT2D eigenvalue weighted by Gasteiger charge is 2.36. The smallest absolute Gasteiger partial charge is 0.306 e. The Balaban J connectivity index is 2.33. The van der Waals surface area contributed by atoms with Crippen molar-refractivity contribution in [3.05, 3.63) is 78.9 Å². The normalized spacial score (nSPS) is 12.4. The van der Waals surface area contributed by atoms with Crippen LogP contribution in [0.2, 0.25) is 13.1 Å². The summed E-state index contributed by atoms with van der Waals surface area (Å²) < 4.78 is 5.24. The number of hydrogen-bond donors (Lipinski definition) is 0. The van der Waals surface area contributed by atoms with Crippen LogP contribution in [-0.4, -0.2) is 20.7 Å². The molecule has 120 valence electrons. The maximum atomic E-state index is 12.2. The largest absolute Gasteiger partial charge is 0.461 e. The van der Waals surface area contributed by atoms with Crippen LogP contribution in [0, 0.1) is 0 Å². The van der Waals surface area contributed by atoms with Gasteiger partial charge in [0.2, 0.25) is 0 Å². The summed E-state index contributed by atoms with van der Waals surface area (Å²) >= 11 is 0. The molecule has 0 saturated carbocycles. The third kappa shape index (κ3) is 4.42. The molecule has 2 aromatic carbocycles. The van der Waals surface area contributed by atoms with E-state index in [9.17, 15) is 4.79 Å². The van der Waals surface area contributed by atoms with Crippen molar-refractivity contribution in [1.29, 1.82) is 0 Å². The number of benzene rings is 2. The first-order valence-electron chi connectivity index (χ1n) is 7.92. The highest BCUT2D eigenvalue weighted by atomic mass is 28.3. The summed E-state index contributed by atoms with van der Waals surface area (Å²) in [5.41, 5.74) is 1.40. The lowest BCUT2D eigenvalue weighted by Gasteiger charge is -2.33. The van der Waals surface area contributed by atoms with Crippen LogP contribution in [-0.2, 0) is 9.53 Å². The molecule has 0 heterocycles. The molecule has 0 aliphatic heterocycles. The third-order valence-electron chi connectivity index (χ3n) is 4.32. The maximum absolute atomic E-state index is 12.2. The van der Waals surface area contributed by atoms with Gasteiger partial charge in [-0.2, -0.15) is 0 Å². The van der Waals surface area contributed by atoms with E-state index in [1.54, 1.807) is 6.08 Å². The fourth-order valence-corrected chi connectivity index (χ4v) is 6.08.